The van der Waals surface area contributed by atoms with Gasteiger partial charge >= 0.3 is 0 Å². The van der Waals surface area contributed by atoms with Gasteiger partial charge < -0.3 is 4.74 Å². The molecule has 3 rings (SSSR count). The van der Waals surface area contributed by atoms with E-state index in [1.54, 1.807) is 11.1 Å². The maximum absolute atomic E-state index is 6.25. The van der Waals surface area contributed by atoms with Crippen LogP contribution in [0.3, 0.4) is 0 Å². The smallest absolute Gasteiger partial charge is 0.126 e. The average molecular weight is 363 g/mol. The van der Waals surface area contributed by atoms with E-state index in [-0.39, 0.29) is 0 Å². The number of ether oxygens (including phenoxy) is 1. The Hall–Kier alpha value is -2.06. The van der Waals surface area contributed by atoms with Gasteiger partial charge in [-0.1, -0.05) is 73.3 Å². The van der Waals surface area contributed by atoms with Crippen LogP contribution in [0.1, 0.15) is 27.7 Å². The highest BCUT2D eigenvalue weighted by Crippen LogP contribution is 2.47. The number of allylic oxidation sites excluding steroid dienone is 4. The van der Waals surface area contributed by atoms with Crippen molar-refractivity contribution >= 4 is 24.0 Å². The van der Waals surface area contributed by atoms with E-state index in [4.69, 9.17) is 4.74 Å². The largest absolute Gasteiger partial charge is 0.489 e. The molecule has 0 atom stereocenters. The summed E-state index contributed by atoms with van der Waals surface area (Å²) in [7, 11) is -1.84. The molecule has 0 fully saturated rings. The molecule has 1 nitrogen and oxygen atoms in total. The van der Waals surface area contributed by atoms with Crippen LogP contribution in [-0.2, 0) is 0 Å². The molecule has 1 aliphatic rings. The lowest BCUT2D eigenvalue weighted by Crippen LogP contribution is -2.47. The minimum Gasteiger partial charge on any atom is -0.489 e. The third-order valence-electron chi connectivity index (χ3n) is 6.25. The Morgan fingerprint density at radius 3 is 2.19 bits per heavy atom. The standard InChI is InChI=1S/C24H30OSi/c1-8-15-25-23-21-12-10-9-11-20(21)13-14-22(23)26(6,7)24-18(4)16(2)17(3)19(24)5/h8-14,24H,1,15H2,2-7H3. The fourth-order valence-electron chi connectivity index (χ4n) is 4.64. The van der Waals surface area contributed by atoms with Crippen molar-refractivity contribution in [2.75, 3.05) is 6.61 Å². The maximum Gasteiger partial charge on any atom is 0.126 e. The SMILES string of the molecule is C=CCOc1c([Si](C)(C)C2C(C)=C(C)C(C)=C2C)ccc2ccccc12. The molecule has 0 amide bonds. The van der Waals surface area contributed by atoms with Crippen LogP contribution < -0.4 is 9.92 Å². The van der Waals surface area contributed by atoms with Crippen molar-refractivity contribution in [2.24, 2.45) is 0 Å². The van der Waals surface area contributed by atoms with Crippen molar-refractivity contribution in [3.63, 3.8) is 0 Å². The molecule has 1 aliphatic carbocycles. The molecule has 0 spiro atoms. The first-order valence-corrected chi connectivity index (χ1v) is 12.5. The van der Waals surface area contributed by atoms with Crippen molar-refractivity contribution in [3.8, 4) is 5.75 Å². The minimum absolute atomic E-state index is 0.537. The molecule has 2 heteroatoms. The maximum atomic E-state index is 6.25. The van der Waals surface area contributed by atoms with Gasteiger partial charge in [-0.15, -0.1) is 0 Å². The molecule has 0 radical (unpaired) electrons. The summed E-state index contributed by atoms with van der Waals surface area (Å²) in [6.45, 7) is 18.5. The summed E-state index contributed by atoms with van der Waals surface area (Å²) < 4.78 is 6.25. The molecular weight excluding hydrogens is 332 g/mol. The first kappa shape index (κ1) is 18.7. The van der Waals surface area contributed by atoms with E-state index in [1.807, 2.05) is 6.08 Å². The Bertz CT molecular complexity index is 906. The van der Waals surface area contributed by atoms with E-state index >= 15 is 0 Å². The van der Waals surface area contributed by atoms with Crippen LogP contribution >= 0.6 is 0 Å². The second-order valence-corrected chi connectivity index (χ2v) is 12.6. The van der Waals surface area contributed by atoms with Crippen molar-refractivity contribution < 1.29 is 4.74 Å². The van der Waals surface area contributed by atoms with E-state index in [9.17, 15) is 0 Å². The summed E-state index contributed by atoms with van der Waals surface area (Å²) in [6.07, 6.45) is 1.83. The molecule has 0 unspecified atom stereocenters. The van der Waals surface area contributed by atoms with Crippen LogP contribution in [0, 0.1) is 0 Å². The summed E-state index contributed by atoms with van der Waals surface area (Å²) in [4.78, 5) is 0. The summed E-state index contributed by atoms with van der Waals surface area (Å²) in [6, 6.07) is 13.1. The highest BCUT2D eigenvalue weighted by Gasteiger charge is 2.41. The number of hydrogen-bond donors (Lipinski definition) is 0. The van der Waals surface area contributed by atoms with Gasteiger partial charge in [0.05, 0.1) is 8.07 Å². The fraction of sp³-hybridized carbons (Fsp3) is 0.333. The molecular formula is C24H30OSi. The van der Waals surface area contributed by atoms with E-state index in [0.29, 0.717) is 12.1 Å². The zero-order chi connectivity index (χ0) is 19.1. The molecule has 2 aromatic carbocycles. The molecule has 0 saturated heterocycles. The van der Waals surface area contributed by atoms with Gasteiger partial charge in [-0.2, -0.15) is 0 Å². The second-order valence-electron chi connectivity index (χ2n) is 8.03. The third-order valence-corrected chi connectivity index (χ3v) is 10.3. The predicted molar refractivity (Wildman–Crippen MR) is 117 cm³/mol. The number of fused-ring (bicyclic) bond motifs is 1. The third kappa shape index (κ3) is 2.86. The Morgan fingerprint density at radius 2 is 1.58 bits per heavy atom. The van der Waals surface area contributed by atoms with E-state index < -0.39 is 8.07 Å². The lowest BCUT2D eigenvalue weighted by molar-refractivity contribution is 0.370. The monoisotopic (exact) mass is 362 g/mol. The van der Waals surface area contributed by atoms with Crippen molar-refractivity contribution in [1.29, 1.82) is 0 Å². The fourth-order valence-corrected chi connectivity index (χ4v) is 8.85. The van der Waals surface area contributed by atoms with Crippen LogP contribution in [-0.4, -0.2) is 14.7 Å². The predicted octanol–water partition coefficient (Wildman–Crippen LogP) is 6.38. The first-order chi connectivity index (χ1) is 12.3. The summed E-state index contributed by atoms with van der Waals surface area (Å²) in [5.41, 5.74) is 6.57. The Kier molecular flexibility index (Phi) is 4.98. The Morgan fingerprint density at radius 1 is 0.962 bits per heavy atom. The summed E-state index contributed by atoms with van der Waals surface area (Å²) in [5, 5.41) is 3.85. The zero-order valence-electron chi connectivity index (χ0n) is 16.9. The topological polar surface area (TPSA) is 9.23 Å². The Balaban J connectivity index is 2.22. The van der Waals surface area contributed by atoms with Gasteiger partial charge in [0.2, 0.25) is 0 Å². The van der Waals surface area contributed by atoms with E-state index in [1.165, 1.54) is 27.1 Å². The second kappa shape index (κ2) is 6.92. The molecule has 0 bridgehead atoms. The quantitative estimate of drug-likeness (QED) is 0.443. The van der Waals surface area contributed by atoms with Crippen LogP contribution in [0.5, 0.6) is 5.75 Å². The first-order valence-electron chi connectivity index (χ1n) is 9.41. The molecule has 0 N–H and O–H groups in total. The van der Waals surface area contributed by atoms with Gasteiger partial charge in [0.1, 0.15) is 12.4 Å². The highest BCUT2D eigenvalue weighted by molar-refractivity contribution is 6.92. The van der Waals surface area contributed by atoms with Crippen molar-refractivity contribution in [3.05, 3.63) is 71.3 Å². The van der Waals surface area contributed by atoms with Gasteiger partial charge in [0, 0.05) is 10.9 Å². The van der Waals surface area contributed by atoms with Crippen LogP contribution in [0.2, 0.25) is 18.6 Å². The van der Waals surface area contributed by atoms with Gasteiger partial charge in [-0.25, -0.2) is 0 Å². The molecule has 26 heavy (non-hydrogen) atoms. The van der Waals surface area contributed by atoms with Gasteiger partial charge in [-0.05, 0) is 49.4 Å². The van der Waals surface area contributed by atoms with E-state index in [0.717, 1.165) is 5.75 Å². The average Bonchev–Trinajstić information content (AvgIpc) is 2.82. The highest BCUT2D eigenvalue weighted by atomic mass is 28.3. The molecule has 0 saturated carbocycles. The zero-order valence-corrected chi connectivity index (χ0v) is 17.9. The molecule has 136 valence electrons. The lowest BCUT2D eigenvalue weighted by atomic mass is 10.1. The molecule has 0 heterocycles. The Labute approximate surface area is 159 Å². The molecule has 0 aromatic heterocycles. The van der Waals surface area contributed by atoms with Crippen LogP contribution in [0.25, 0.3) is 10.8 Å². The summed E-state index contributed by atoms with van der Waals surface area (Å²) >= 11 is 0. The number of benzene rings is 2. The van der Waals surface area contributed by atoms with Gasteiger partial charge in [0.15, 0.2) is 0 Å². The lowest BCUT2D eigenvalue weighted by Gasteiger charge is -2.34. The van der Waals surface area contributed by atoms with Crippen molar-refractivity contribution in [1.82, 2.24) is 0 Å². The van der Waals surface area contributed by atoms with E-state index in [2.05, 4.69) is 83.8 Å². The normalized spacial score (nSPS) is 15.9. The van der Waals surface area contributed by atoms with Crippen LogP contribution in [0.15, 0.2) is 71.3 Å². The summed E-state index contributed by atoms with van der Waals surface area (Å²) in [5.74, 6) is 1.06. The number of rotatable bonds is 5. The number of hydrogen-bond acceptors (Lipinski definition) is 1. The minimum atomic E-state index is -1.84. The molecule has 2 aromatic rings. The molecule has 0 aliphatic heterocycles. The van der Waals surface area contributed by atoms with Gasteiger partial charge in [-0.3, -0.25) is 0 Å². The van der Waals surface area contributed by atoms with Gasteiger partial charge in [0.25, 0.3) is 0 Å². The van der Waals surface area contributed by atoms with Crippen LogP contribution in [0.4, 0.5) is 0 Å². The van der Waals surface area contributed by atoms with Crippen molar-refractivity contribution in [2.45, 2.75) is 46.3 Å².